The molecular formula is C10H12N8O3. The molecule has 11 heteroatoms. The number of hydrogen-bond acceptors (Lipinski definition) is 7. The summed E-state index contributed by atoms with van der Waals surface area (Å²) in [6, 6.07) is 0. The summed E-state index contributed by atoms with van der Waals surface area (Å²) in [6.07, 6.45) is 1.66. The number of nitrogens with one attached hydrogen (secondary N) is 1. The number of nitrogens with two attached hydrogens (primary N) is 1. The fraction of sp³-hybridized carbons (Fsp3) is 0.500. The third-order valence-electron chi connectivity index (χ3n) is 3.37. The number of azide groups is 1. The Hall–Kier alpha value is -2.62. The minimum atomic E-state index is -1.30. The second kappa shape index (κ2) is 4.74. The van der Waals surface area contributed by atoms with Crippen LogP contribution in [0.1, 0.15) is 19.1 Å². The quantitative estimate of drug-likeness (QED) is 0.409. The number of hydrogen-bond donors (Lipinski definition) is 3. The number of anilines is 1. The molecule has 1 aliphatic rings. The smallest absolute Gasteiger partial charge is 0.280 e. The lowest BCUT2D eigenvalue weighted by Crippen LogP contribution is -2.30. The van der Waals surface area contributed by atoms with Crippen LogP contribution in [0.2, 0.25) is 0 Å². The fourth-order valence-corrected chi connectivity index (χ4v) is 2.37. The van der Waals surface area contributed by atoms with E-state index in [1.165, 1.54) is 10.9 Å². The number of aliphatic hydroxyl groups is 1. The molecule has 1 aliphatic heterocycles. The van der Waals surface area contributed by atoms with Crippen LogP contribution in [0.5, 0.6) is 0 Å². The van der Waals surface area contributed by atoms with Crippen LogP contribution < -0.4 is 11.3 Å². The van der Waals surface area contributed by atoms with Crippen molar-refractivity contribution in [2.24, 2.45) is 5.11 Å². The predicted octanol–water partition coefficient (Wildman–Crippen LogP) is 0.00970. The molecule has 1 saturated heterocycles. The zero-order valence-electron chi connectivity index (χ0n) is 10.8. The molecular weight excluding hydrogens is 280 g/mol. The molecule has 0 saturated carbocycles. The van der Waals surface area contributed by atoms with Crippen molar-refractivity contribution in [2.45, 2.75) is 24.8 Å². The molecule has 0 bridgehead atoms. The second-order valence-electron chi connectivity index (χ2n) is 4.68. The number of nitrogens with zero attached hydrogens (tertiary/aromatic N) is 6. The predicted molar refractivity (Wildman–Crippen MR) is 70.9 cm³/mol. The summed E-state index contributed by atoms with van der Waals surface area (Å²) in [5, 5.41) is 12.9. The number of ether oxygens (including phenoxy) is 1. The zero-order chi connectivity index (χ0) is 15.0. The molecule has 0 aromatic carbocycles. The van der Waals surface area contributed by atoms with Crippen LogP contribution in [0, 0.1) is 0 Å². The number of aromatic amines is 1. The van der Waals surface area contributed by atoms with Crippen LogP contribution in [0.4, 0.5) is 5.95 Å². The highest BCUT2D eigenvalue weighted by Crippen LogP contribution is 2.38. The van der Waals surface area contributed by atoms with Crippen molar-refractivity contribution in [1.29, 1.82) is 0 Å². The number of imidazole rings is 1. The summed E-state index contributed by atoms with van der Waals surface area (Å²) in [7, 11) is 0. The number of H-pyrrole nitrogens is 1. The lowest BCUT2D eigenvalue weighted by Gasteiger charge is -2.21. The van der Waals surface area contributed by atoms with Gasteiger partial charge in [0, 0.05) is 4.91 Å². The molecule has 3 heterocycles. The van der Waals surface area contributed by atoms with Gasteiger partial charge in [0.2, 0.25) is 5.95 Å². The van der Waals surface area contributed by atoms with Gasteiger partial charge in [-0.05, 0) is 18.4 Å². The van der Waals surface area contributed by atoms with E-state index >= 15 is 0 Å². The van der Waals surface area contributed by atoms with Crippen molar-refractivity contribution in [3.8, 4) is 0 Å². The molecule has 0 amide bonds. The Morgan fingerprint density at radius 3 is 3.29 bits per heavy atom. The minimum Gasteiger partial charge on any atom is -0.393 e. The van der Waals surface area contributed by atoms with E-state index in [4.69, 9.17) is 16.0 Å². The third-order valence-corrected chi connectivity index (χ3v) is 3.37. The van der Waals surface area contributed by atoms with Gasteiger partial charge < -0.3 is 15.6 Å². The Balaban J connectivity index is 2.03. The van der Waals surface area contributed by atoms with Gasteiger partial charge in [-0.1, -0.05) is 5.11 Å². The SMILES string of the molecule is [N-]=[N+]=N[C@@]1(CO)CC[C@H](n2cnc3c(=O)[nH]c(N)nc32)O1. The van der Waals surface area contributed by atoms with E-state index in [1.807, 2.05) is 0 Å². The van der Waals surface area contributed by atoms with Crippen molar-refractivity contribution in [3.63, 3.8) is 0 Å². The average Bonchev–Trinajstić information content (AvgIpc) is 3.04. The fourth-order valence-electron chi connectivity index (χ4n) is 2.37. The van der Waals surface area contributed by atoms with Crippen molar-refractivity contribution in [2.75, 3.05) is 12.3 Å². The molecule has 11 nitrogen and oxygen atoms in total. The monoisotopic (exact) mass is 292 g/mol. The summed E-state index contributed by atoms with van der Waals surface area (Å²) in [6.45, 7) is -0.434. The molecule has 2 aromatic heterocycles. The summed E-state index contributed by atoms with van der Waals surface area (Å²) < 4.78 is 7.16. The lowest BCUT2D eigenvalue weighted by molar-refractivity contribution is -0.0925. The molecule has 2 atom stereocenters. The number of aliphatic hydroxyl groups excluding tert-OH is 1. The van der Waals surface area contributed by atoms with Gasteiger partial charge in [-0.3, -0.25) is 14.3 Å². The molecule has 0 aliphatic carbocycles. The first-order valence-corrected chi connectivity index (χ1v) is 6.16. The lowest BCUT2D eigenvalue weighted by atomic mass is 10.1. The number of rotatable bonds is 3. The standard InChI is InChI=1S/C10H12N8O3/c11-9-14-7-6(8(20)15-9)13-4-18(7)5-1-2-10(3-19,21-5)16-17-12/h4-5,19H,1-3H2,(H3,11,14,15,20)/t5-,10+/m1/s1. The van der Waals surface area contributed by atoms with Crippen molar-refractivity contribution in [3.05, 3.63) is 27.1 Å². The molecule has 3 rings (SSSR count). The zero-order valence-corrected chi connectivity index (χ0v) is 10.8. The Morgan fingerprint density at radius 1 is 1.76 bits per heavy atom. The van der Waals surface area contributed by atoms with Gasteiger partial charge in [0.1, 0.15) is 6.23 Å². The van der Waals surface area contributed by atoms with Gasteiger partial charge in [0.05, 0.1) is 12.9 Å². The highest BCUT2D eigenvalue weighted by Gasteiger charge is 2.40. The van der Waals surface area contributed by atoms with Crippen molar-refractivity contribution in [1.82, 2.24) is 19.5 Å². The first-order chi connectivity index (χ1) is 10.1. The van der Waals surface area contributed by atoms with E-state index in [1.54, 1.807) is 0 Å². The van der Waals surface area contributed by atoms with Gasteiger partial charge >= 0.3 is 0 Å². The van der Waals surface area contributed by atoms with Gasteiger partial charge in [-0.2, -0.15) is 4.98 Å². The molecule has 1 fully saturated rings. The topological polar surface area (TPSA) is 168 Å². The van der Waals surface area contributed by atoms with Crippen molar-refractivity contribution < 1.29 is 9.84 Å². The first-order valence-electron chi connectivity index (χ1n) is 6.16. The van der Waals surface area contributed by atoms with Gasteiger partial charge in [-0.25, -0.2) is 4.98 Å². The number of nitrogen functional groups attached to an aromatic ring is 1. The maximum Gasteiger partial charge on any atom is 0.280 e. The summed E-state index contributed by atoms with van der Waals surface area (Å²) in [5.41, 5.74) is 12.7. The Morgan fingerprint density at radius 2 is 2.57 bits per heavy atom. The molecule has 21 heavy (non-hydrogen) atoms. The van der Waals surface area contributed by atoms with E-state index in [0.717, 1.165) is 0 Å². The molecule has 0 radical (unpaired) electrons. The highest BCUT2D eigenvalue weighted by molar-refractivity contribution is 5.70. The molecule has 0 unspecified atom stereocenters. The van der Waals surface area contributed by atoms with E-state index < -0.39 is 24.1 Å². The molecule has 110 valence electrons. The summed E-state index contributed by atoms with van der Waals surface area (Å²) in [5.74, 6) is -0.0317. The summed E-state index contributed by atoms with van der Waals surface area (Å²) >= 11 is 0. The van der Waals surface area contributed by atoms with Gasteiger partial charge in [0.25, 0.3) is 5.56 Å². The van der Waals surface area contributed by atoms with Gasteiger partial charge in [0.15, 0.2) is 16.9 Å². The minimum absolute atomic E-state index is 0.0317. The molecule has 4 N–H and O–H groups in total. The van der Waals surface area contributed by atoms with Crippen molar-refractivity contribution >= 4 is 17.1 Å². The summed E-state index contributed by atoms with van der Waals surface area (Å²) in [4.78, 5) is 24.8. The van der Waals surface area contributed by atoms with E-state index in [2.05, 4.69) is 25.0 Å². The highest BCUT2D eigenvalue weighted by atomic mass is 16.6. The maximum atomic E-state index is 11.7. The van der Waals surface area contributed by atoms with Gasteiger partial charge in [-0.15, -0.1) is 0 Å². The van der Waals surface area contributed by atoms with Crippen LogP contribution in [0.15, 0.2) is 16.2 Å². The van der Waals surface area contributed by atoms with Crippen LogP contribution >= 0.6 is 0 Å². The average molecular weight is 292 g/mol. The molecule has 2 aromatic rings. The number of fused-ring (bicyclic) bond motifs is 1. The maximum absolute atomic E-state index is 11.7. The van der Waals surface area contributed by atoms with Crippen LogP contribution in [-0.4, -0.2) is 37.0 Å². The van der Waals surface area contributed by atoms with E-state index in [-0.39, 0.29) is 17.1 Å². The largest absolute Gasteiger partial charge is 0.393 e. The Kier molecular flexibility index (Phi) is 3.01. The van der Waals surface area contributed by atoms with Crippen LogP contribution in [-0.2, 0) is 4.74 Å². The van der Waals surface area contributed by atoms with E-state index in [9.17, 15) is 9.90 Å². The van der Waals surface area contributed by atoms with Crippen LogP contribution in [0.3, 0.4) is 0 Å². The third kappa shape index (κ3) is 2.09. The Bertz CT molecular complexity index is 791. The molecule has 0 spiro atoms. The second-order valence-corrected chi connectivity index (χ2v) is 4.68. The first kappa shape index (κ1) is 13.4. The number of aromatic nitrogens is 4. The van der Waals surface area contributed by atoms with Crippen LogP contribution in [0.25, 0.3) is 21.6 Å². The normalized spacial score (nSPS) is 25.1. The Labute approximate surface area is 117 Å². The van der Waals surface area contributed by atoms with E-state index in [0.29, 0.717) is 12.8 Å².